The fraction of sp³-hybridized carbons (Fsp3) is 0.143. The predicted molar refractivity (Wildman–Crippen MR) is 115 cm³/mol. The number of fused-ring (bicyclic) bond motifs is 1. The summed E-state index contributed by atoms with van der Waals surface area (Å²) >= 11 is 1.29. The van der Waals surface area contributed by atoms with E-state index in [0.29, 0.717) is 27.3 Å². The Morgan fingerprint density at radius 1 is 1.10 bits per heavy atom. The molecule has 1 N–H and O–H groups in total. The molecular formula is C21H18N4O3S. The van der Waals surface area contributed by atoms with Crippen molar-refractivity contribution in [3.63, 3.8) is 0 Å². The molecule has 146 valence electrons. The topological polar surface area (TPSA) is 87.3 Å². The van der Waals surface area contributed by atoms with E-state index in [1.807, 2.05) is 31.2 Å². The van der Waals surface area contributed by atoms with Crippen molar-refractivity contribution in [2.24, 2.45) is 10.1 Å². The van der Waals surface area contributed by atoms with Crippen LogP contribution in [0.4, 0.5) is 0 Å². The van der Waals surface area contributed by atoms with Crippen LogP contribution in [0.25, 0.3) is 6.08 Å². The summed E-state index contributed by atoms with van der Waals surface area (Å²) in [5.41, 5.74) is 2.89. The summed E-state index contributed by atoms with van der Waals surface area (Å²) in [5, 5.41) is 15.6. The van der Waals surface area contributed by atoms with Gasteiger partial charge >= 0.3 is 0 Å². The Morgan fingerprint density at radius 3 is 2.59 bits per heavy atom. The summed E-state index contributed by atoms with van der Waals surface area (Å²) in [5.74, 6) is 0.650. The van der Waals surface area contributed by atoms with Crippen LogP contribution in [0.3, 0.4) is 0 Å². The second kappa shape index (κ2) is 7.56. The normalized spacial score (nSPS) is 17.2. The molecule has 2 aromatic rings. The molecule has 0 aliphatic carbocycles. The third-order valence-corrected chi connectivity index (χ3v) is 5.49. The van der Waals surface area contributed by atoms with Gasteiger partial charge in [0, 0.05) is 5.56 Å². The van der Waals surface area contributed by atoms with Crippen molar-refractivity contribution in [2.45, 2.75) is 6.92 Å². The summed E-state index contributed by atoms with van der Waals surface area (Å²) in [4.78, 5) is 16.7. The van der Waals surface area contributed by atoms with Crippen LogP contribution in [0.1, 0.15) is 16.7 Å². The van der Waals surface area contributed by atoms with Gasteiger partial charge in [-0.2, -0.15) is 15.1 Å². The summed E-state index contributed by atoms with van der Waals surface area (Å²) < 4.78 is 10.5. The van der Waals surface area contributed by atoms with E-state index in [9.17, 15) is 4.79 Å². The predicted octanol–water partition coefficient (Wildman–Crippen LogP) is 3.68. The highest BCUT2D eigenvalue weighted by Gasteiger charge is 2.36. The number of methoxy groups -OCH3 is 2. The van der Waals surface area contributed by atoms with Gasteiger partial charge in [0.2, 0.25) is 5.17 Å². The first-order valence-corrected chi connectivity index (χ1v) is 9.61. The van der Waals surface area contributed by atoms with E-state index in [1.54, 1.807) is 38.5 Å². The van der Waals surface area contributed by atoms with Crippen molar-refractivity contribution < 1.29 is 14.3 Å². The molecule has 2 aromatic carbocycles. The SMILES string of the molecule is COc1ccc(/C=C2/C(=N)N3N=C(c4ccccc4C)SC3=NC2=O)cc1OC. The average molecular weight is 406 g/mol. The number of nitrogens with zero attached hydrogens (tertiary/aromatic N) is 3. The Bertz CT molecular complexity index is 1120. The number of rotatable bonds is 4. The number of thioether (sulfide) groups is 1. The molecule has 8 heteroatoms. The Morgan fingerprint density at radius 2 is 1.86 bits per heavy atom. The van der Waals surface area contributed by atoms with E-state index in [4.69, 9.17) is 14.9 Å². The highest BCUT2D eigenvalue weighted by atomic mass is 32.2. The first-order chi connectivity index (χ1) is 14.0. The van der Waals surface area contributed by atoms with Crippen LogP contribution >= 0.6 is 11.8 Å². The maximum Gasteiger partial charge on any atom is 0.283 e. The molecule has 29 heavy (non-hydrogen) atoms. The number of carbonyl (C=O) groups excluding carboxylic acids is 1. The molecule has 1 amide bonds. The molecule has 0 saturated carbocycles. The highest BCUT2D eigenvalue weighted by Crippen LogP contribution is 2.33. The Balaban J connectivity index is 1.69. The number of hydrogen-bond donors (Lipinski definition) is 1. The van der Waals surface area contributed by atoms with Crippen molar-refractivity contribution in [1.29, 1.82) is 5.41 Å². The summed E-state index contributed by atoms with van der Waals surface area (Å²) in [7, 11) is 3.10. The quantitative estimate of drug-likeness (QED) is 0.783. The zero-order valence-electron chi connectivity index (χ0n) is 16.1. The van der Waals surface area contributed by atoms with Crippen LogP contribution in [0.15, 0.2) is 58.1 Å². The third-order valence-electron chi connectivity index (χ3n) is 4.55. The lowest BCUT2D eigenvalue weighted by molar-refractivity contribution is -0.114. The van der Waals surface area contributed by atoms with Crippen LogP contribution < -0.4 is 9.47 Å². The number of amidine groups is 2. The van der Waals surface area contributed by atoms with Gasteiger partial charge < -0.3 is 9.47 Å². The molecule has 0 atom stereocenters. The minimum absolute atomic E-state index is 0.00845. The number of carbonyl (C=O) groups is 1. The van der Waals surface area contributed by atoms with Crippen LogP contribution in [-0.2, 0) is 4.79 Å². The second-order valence-corrected chi connectivity index (χ2v) is 7.31. The zero-order valence-corrected chi connectivity index (χ0v) is 16.9. The van der Waals surface area contributed by atoms with Gasteiger partial charge in [-0.05, 0) is 48.0 Å². The number of hydrogen-bond acceptors (Lipinski definition) is 6. The number of benzene rings is 2. The zero-order chi connectivity index (χ0) is 20.5. The molecule has 0 saturated heterocycles. The molecule has 7 nitrogen and oxygen atoms in total. The number of hydrazone groups is 1. The van der Waals surface area contributed by atoms with E-state index in [0.717, 1.165) is 11.1 Å². The summed E-state index contributed by atoms with van der Waals surface area (Å²) in [6.07, 6.45) is 1.61. The van der Waals surface area contributed by atoms with Gasteiger partial charge in [0.1, 0.15) is 5.04 Å². The van der Waals surface area contributed by atoms with E-state index in [1.165, 1.54) is 16.8 Å². The first kappa shape index (κ1) is 18.9. The number of nitrogens with one attached hydrogen (secondary N) is 1. The van der Waals surface area contributed by atoms with Crippen LogP contribution in [-0.4, -0.2) is 41.2 Å². The van der Waals surface area contributed by atoms with Gasteiger partial charge in [0.25, 0.3) is 5.91 Å². The van der Waals surface area contributed by atoms with E-state index < -0.39 is 5.91 Å². The standard InChI is InChI=1S/C21H18N4O3S/c1-12-6-4-5-7-14(12)20-24-25-18(22)15(19(26)23-21(25)29-20)10-13-8-9-16(27-2)17(11-13)28-3/h4-11,22H,1-3H3/b15-10-,22-18?. The first-order valence-electron chi connectivity index (χ1n) is 8.80. The lowest BCUT2D eigenvalue weighted by Gasteiger charge is -2.20. The molecule has 0 unspecified atom stereocenters. The number of aliphatic imine (C=N–C) groups is 1. The number of ether oxygens (including phenoxy) is 2. The molecule has 0 bridgehead atoms. The third kappa shape index (κ3) is 3.42. The van der Waals surface area contributed by atoms with Crippen LogP contribution in [0.2, 0.25) is 0 Å². The fourth-order valence-corrected chi connectivity index (χ4v) is 4.00. The van der Waals surface area contributed by atoms with Gasteiger partial charge in [0.05, 0.1) is 19.8 Å². The van der Waals surface area contributed by atoms with Crippen LogP contribution in [0.5, 0.6) is 11.5 Å². The second-order valence-electron chi connectivity index (χ2n) is 6.35. The molecule has 4 rings (SSSR count). The average Bonchev–Trinajstić information content (AvgIpc) is 3.15. The van der Waals surface area contributed by atoms with Crippen molar-refractivity contribution in [1.82, 2.24) is 5.01 Å². The van der Waals surface area contributed by atoms with Gasteiger partial charge in [-0.3, -0.25) is 10.2 Å². The van der Waals surface area contributed by atoms with E-state index in [-0.39, 0.29) is 11.4 Å². The highest BCUT2D eigenvalue weighted by molar-refractivity contribution is 8.27. The Kier molecular flexibility index (Phi) is 4.94. The summed E-state index contributed by atoms with van der Waals surface area (Å²) in [6.45, 7) is 2.00. The van der Waals surface area contributed by atoms with E-state index >= 15 is 0 Å². The van der Waals surface area contributed by atoms with Crippen molar-refractivity contribution in [2.75, 3.05) is 14.2 Å². The lowest BCUT2D eigenvalue weighted by Crippen LogP contribution is -2.35. The molecule has 0 spiro atoms. The van der Waals surface area contributed by atoms with E-state index in [2.05, 4.69) is 10.1 Å². The smallest absolute Gasteiger partial charge is 0.283 e. The molecular weight excluding hydrogens is 388 g/mol. The van der Waals surface area contributed by atoms with Crippen LogP contribution in [0, 0.1) is 12.3 Å². The molecule has 0 fully saturated rings. The van der Waals surface area contributed by atoms with Gasteiger partial charge in [-0.25, -0.2) is 0 Å². The van der Waals surface area contributed by atoms with Crippen molar-refractivity contribution in [3.8, 4) is 11.5 Å². The van der Waals surface area contributed by atoms with Crippen molar-refractivity contribution in [3.05, 3.63) is 64.7 Å². The maximum atomic E-state index is 12.6. The number of amides is 1. The van der Waals surface area contributed by atoms with Gasteiger partial charge in [0.15, 0.2) is 17.3 Å². The molecule has 2 aliphatic heterocycles. The monoisotopic (exact) mass is 406 g/mol. The Hall–Kier alpha value is -3.39. The number of aryl methyl sites for hydroxylation is 1. The lowest BCUT2D eigenvalue weighted by atomic mass is 10.1. The summed E-state index contributed by atoms with van der Waals surface area (Å²) in [6, 6.07) is 13.1. The fourth-order valence-electron chi connectivity index (χ4n) is 3.02. The maximum absolute atomic E-state index is 12.6. The minimum atomic E-state index is -0.468. The van der Waals surface area contributed by atoms with Gasteiger partial charge in [-0.1, -0.05) is 30.3 Å². The molecule has 0 aromatic heterocycles. The largest absolute Gasteiger partial charge is 0.493 e. The molecule has 2 aliphatic rings. The molecule has 2 heterocycles. The minimum Gasteiger partial charge on any atom is -0.493 e. The van der Waals surface area contributed by atoms with Gasteiger partial charge in [-0.15, -0.1) is 0 Å². The molecule has 0 radical (unpaired) electrons. The van der Waals surface area contributed by atoms with Crippen molar-refractivity contribution >= 4 is 39.8 Å². The Labute approximate surface area is 172 Å².